The Morgan fingerprint density at radius 3 is 2.40 bits per heavy atom. The van der Waals surface area contributed by atoms with Crippen LogP contribution in [0.2, 0.25) is 0 Å². The zero-order chi connectivity index (χ0) is 18.4. The zero-order valence-electron chi connectivity index (χ0n) is 14.7. The normalized spacial score (nSPS) is 12.9. The Kier molecular flexibility index (Phi) is 6.17. The highest BCUT2D eigenvalue weighted by Gasteiger charge is 2.15. The maximum Gasteiger partial charge on any atom is 0.306 e. The lowest BCUT2D eigenvalue weighted by molar-refractivity contribution is -0.141. The van der Waals surface area contributed by atoms with E-state index in [2.05, 4.69) is 5.32 Å². The van der Waals surface area contributed by atoms with Gasteiger partial charge in [-0.15, -0.1) is 0 Å². The first-order valence-electron chi connectivity index (χ1n) is 8.21. The smallest absolute Gasteiger partial charge is 0.306 e. The summed E-state index contributed by atoms with van der Waals surface area (Å²) in [5.74, 6) is -0.850. The molecule has 0 saturated heterocycles. The molecule has 0 heterocycles. The third-order valence-electron chi connectivity index (χ3n) is 3.86. The van der Waals surface area contributed by atoms with Gasteiger partial charge in [-0.05, 0) is 55.7 Å². The number of rotatable bonds is 7. The average molecular weight is 341 g/mol. The molecule has 2 atom stereocenters. The summed E-state index contributed by atoms with van der Waals surface area (Å²) < 4.78 is 5.65. The van der Waals surface area contributed by atoms with Gasteiger partial charge in [0.1, 0.15) is 5.75 Å². The summed E-state index contributed by atoms with van der Waals surface area (Å²) in [6.45, 7) is 5.33. The SMILES string of the molecule is Cc1cccc(OC(C)C(=O)Nc2ccc(CC(C)C(=O)O)cc2)c1. The molecule has 132 valence electrons. The van der Waals surface area contributed by atoms with Crippen LogP contribution in [0.1, 0.15) is 25.0 Å². The van der Waals surface area contributed by atoms with E-state index in [-0.39, 0.29) is 5.91 Å². The molecule has 0 bridgehead atoms. The standard InChI is InChI=1S/C20H23NO4/c1-13-5-4-6-18(11-13)25-15(3)19(22)21-17-9-7-16(8-10-17)12-14(2)20(23)24/h4-11,14-15H,12H2,1-3H3,(H,21,22)(H,23,24). The highest BCUT2D eigenvalue weighted by atomic mass is 16.5. The van der Waals surface area contributed by atoms with E-state index >= 15 is 0 Å². The summed E-state index contributed by atoms with van der Waals surface area (Å²) in [5, 5.41) is 11.7. The van der Waals surface area contributed by atoms with E-state index in [4.69, 9.17) is 9.84 Å². The molecule has 25 heavy (non-hydrogen) atoms. The van der Waals surface area contributed by atoms with Crippen LogP contribution >= 0.6 is 0 Å². The molecule has 5 nitrogen and oxygen atoms in total. The second-order valence-electron chi connectivity index (χ2n) is 6.21. The number of amides is 1. The summed E-state index contributed by atoms with van der Waals surface area (Å²) in [7, 11) is 0. The summed E-state index contributed by atoms with van der Waals surface area (Å²) in [6, 6.07) is 14.7. The van der Waals surface area contributed by atoms with Crippen molar-refractivity contribution >= 4 is 17.6 Å². The van der Waals surface area contributed by atoms with E-state index in [1.807, 2.05) is 43.3 Å². The van der Waals surface area contributed by atoms with Gasteiger partial charge in [0.25, 0.3) is 5.91 Å². The molecule has 0 aliphatic heterocycles. The van der Waals surface area contributed by atoms with E-state index in [0.717, 1.165) is 11.1 Å². The predicted octanol–water partition coefficient (Wildman–Crippen LogP) is 3.66. The molecule has 2 aromatic rings. The number of hydrogen-bond acceptors (Lipinski definition) is 3. The number of aliphatic carboxylic acids is 1. The van der Waals surface area contributed by atoms with Gasteiger partial charge in [-0.3, -0.25) is 9.59 Å². The average Bonchev–Trinajstić information content (AvgIpc) is 2.56. The molecule has 2 rings (SSSR count). The van der Waals surface area contributed by atoms with Crippen LogP contribution in [0.5, 0.6) is 5.75 Å². The third-order valence-corrected chi connectivity index (χ3v) is 3.86. The molecule has 0 aliphatic rings. The monoisotopic (exact) mass is 341 g/mol. The summed E-state index contributed by atoms with van der Waals surface area (Å²) in [6.07, 6.45) is -0.176. The number of ether oxygens (including phenoxy) is 1. The van der Waals surface area contributed by atoms with Crippen molar-refractivity contribution in [3.63, 3.8) is 0 Å². The number of carbonyl (C=O) groups excluding carboxylic acids is 1. The van der Waals surface area contributed by atoms with Gasteiger partial charge in [-0.1, -0.05) is 31.2 Å². The van der Waals surface area contributed by atoms with Crippen molar-refractivity contribution in [2.45, 2.75) is 33.3 Å². The minimum atomic E-state index is -0.820. The van der Waals surface area contributed by atoms with E-state index in [1.54, 1.807) is 26.0 Å². The van der Waals surface area contributed by atoms with Crippen LogP contribution in [0.3, 0.4) is 0 Å². The summed E-state index contributed by atoms with van der Waals surface area (Å²) in [5.41, 5.74) is 2.63. The summed E-state index contributed by atoms with van der Waals surface area (Å²) in [4.78, 5) is 23.1. The Balaban J connectivity index is 1.92. The Morgan fingerprint density at radius 1 is 1.12 bits per heavy atom. The highest BCUT2D eigenvalue weighted by Crippen LogP contribution is 2.16. The van der Waals surface area contributed by atoms with Crippen LogP contribution in [0, 0.1) is 12.8 Å². The Hall–Kier alpha value is -2.82. The highest BCUT2D eigenvalue weighted by molar-refractivity contribution is 5.94. The molecule has 5 heteroatoms. The van der Waals surface area contributed by atoms with E-state index in [1.165, 1.54) is 0 Å². The Bertz CT molecular complexity index is 740. The fourth-order valence-corrected chi connectivity index (χ4v) is 2.36. The fraction of sp³-hybridized carbons (Fsp3) is 0.300. The van der Waals surface area contributed by atoms with Gasteiger partial charge in [0.05, 0.1) is 5.92 Å². The van der Waals surface area contributed by atoms with Crippen LogP contribution in [-0.4, -0.2) is 23.1 Å². The van der Waals surface area contributed by atoms with Crippen molar-refractivity contribution in [1.82, 2.24) is 0 Å². The lowest BCUT2D eigenvalue weighted by Crippen LogP contribution is -2.30. The van der Waals surface area contributed by atoms with Crippen molar-refractivity contribution in [2.24, 2.45) is 5.92 Å². The quantitative estimate of drug-likeness (QED) is 0.806. The van der Waals surface area contributed by atoms with Gasteiger partial charge < -0.3 is 15.2 Å². The molecule has 1 amide bonds. The maximum atomic E-state index is 12.2. The zero-order valence-corrected chi connectivity index (χ0v) is 14.7. The Labute approximate surface area is 147 Å². The van der Waals surface area contributed by atoms with Gasteiger partial charge in [-0.2, -0.15) is 0 Å². The van der Waals surface area contributed by atoms with E-state index < -0.39 is 18.0 Å². The molecule has 0 aromatic heterocycles. The van der Waals surface area contributed by atoms with Crippen LogP contribution in [-0.2, 0) is 16.0 Å². The molecule has 0 aliphatic carbocycles. The van der Waals surface area contributed by atoms with Gasteiger partial charge in [0.15, 0.2) is 6.10 Å². The maximum absolute atomic E-state index is 12.2. The number of carboxylic acid groups (broad SMARTS) is 1. The van der Waals surface area contributed by atoms with Crippen molar-refractivity contribution in [2.75, 3.05) is 5.32 Å². The lowest BCUT2D eigenvalue weighted by Gasteiger charge is -2.15. The predicted molar refractivity (Wildman–Crippen MR) is 96.8 cm³/mol. The van der Waals surface area contributed by atoms with Crippen LogP contribution in [0.25, 0.3) is 0 Å². The number of carbonyl (C=O) groups is 2. The third kappa shape index (κ3) is 5.64. The molecule has 0 radical (unpaired) electrons. The molecule has 0 spiro atoms. The number of hydrogen-bond donors (Lipinski definition) is 2. The van der Waals surface area contributed by atoms with Gasteiger partial charge in [0, 0.05) is 5.69 Å². The molecule has 2 unspecified atom stereocenters. The largest absolute Gasteiger partial charge is 0.481 e. The number of aryl methyl sites for hydroxylation is 1. The molecule has 2 N–H and O–H groups in total. The van der Waals surface area contributed by atoms with Crippen molar-refractivity contribution in [3.05, 3.63) is 59.7 Å². The minimum Gasteiger partial charge on any atom is -0.481 e. The van der Waals surface area contributed by atoms with Crippen molar-refractivity contribution < 1.29 is 19.4 Å². The number of anilines is 1. The fourth-order valence-electron chi connectivity index (χ4n) is 2.36. The number of benzene rings is 2. The second-order valence-corrected chi connectivity index (χ2v) is 6.21. The first-order valence-corrected chi connectivity index (χ1v) is 8.21. The molecular formula is C20H23NO4. The van der Waals surface area contributed by atoms with Crippen LogP contribution in [0.15, 0.2) is 48.5 Å². The topological polar surface area (TPSA) is 75.6 Å². The first kappa shape index (κ1) is 18.5. The number of carboxylic acids is 1. The van der Waals surface area contributed by atoms with Crippen molar-refractivity contribution in [3.8, 4) is 5.75 Å². The van der Waals surface area contributed by atoms with Crippen molar-refractivity contribution in [1.29, 1.82) is 0 Å². The van der Waals surface area contributed by atoms with E-state index in [0.29, 0.717) is 17.9 Å². The lowest BCUT2D eigenvalue weighted by atomic mass is 10.0. The molecule has 2 aromatic carbocycles. The van der Waals surface area contributed by atoms with E-state index in [9.17, 15) is 9.59 Å². The molecule has 0 saturated carbocycles. The van der Waals surface area contributed by atoms with Gasteiger partial charge in [-0.25, -0.2) is 0 Å². The number of nitrogens with one attached hydrogen (secondary N) is 1. The Morgan fingerprint density at radius 2 is 1.80 bits per heavy atom. The minimum absolute atomic E-state index is 0.242. The first-order chi connectivity index (χ1) is 11.8. The van der Waals surface area contributed by atoms with Gasteiger partial charge in [0.2, 0.25) is 0 Å². The summed E-state index contributed by atoms with van der Waals surface area (Å²) >= 11 is 0. The molecule has 0 fully saturated rings. The van der Waals surface area contributed by atoms with Crippen LogP contribution in [0.4, 0.5) is 5.69 Å². The van der Waals surface area contributed by atoms with Gasteiger partial charge >= 0.3 is 5.97 Å². The van der Waals surface area contributed by atoms with Crippen LogP contribution < -0.4 is 10.1 Å². The molecular weight excluding hydrogens is 318 g/mol. The second kappa shape index (κ2) is 8.33.